The van der Waals surface area contributed by atoms with Crippen molar-refractivity contribution in [3.63, 3.8) is 0 Å². The zero-order chi connectivity index (χ0) is 19.1. The van der Waals surface area contributed by atoms with Gasteiger partial charge < -0.3 is 19.9 Å². The Labute approximate surface area is 168 Å². The van der Waals surface area contributed by atoms with Crippen molar-refractivity contribution in [2.24, 2.45) is 4.99 Å². The van der Waals surface area contributed by atoms with Crippen LogP contribution in [0.15, 0.2) is 46.0 Å². The first kappa shape index (κ1) is 19.4. The first-order valence-electron chi connectivity index (χ1n) is 9.02. The Morgan fingerprint density at radius 2 is 1.96 bits per heavy atom. The van der Waals surface area contributed by atoms with E-state index in [2.05, 4.69) is 70.3 Å². The number of piperazine rings is 1. The van der Waals surface area contributed by atoms with Crippen LogP contribution in [-0.2, 0) is 6.42 Å². The van der Waals surface area contributed by atoms with Crippen molar-refractivity contribution in [3.8, 4) is 5.88 Å². The third kappa shape index (κ3) is 5.09. The lowest BCUT2D eigenvalue weighted by Crippen LogP contribution is -2.53. The minimum atomic E-state index is 0.556. The van der Waals surface area contributed by atoms with Gasteiger partial charge in [-0.05, 0) is 27.9 Å². The average molecular weight is 433 g/mol. The zero-order valence-corrected chi connectivity index (χ0v) is 17.3. The maximum Gasteiger partial charge on any atom is 0.232 e. The van der Waals surface area contributed by atoms with E-state index in [1.807, 2.05) is 13.1 Å². The second kappa shape index (κ2) is 9.55. The van der Waals surface area contributed by atoms with Crippen LogP contribution in [0.4, 0.5) is 5.95 Å². The number of ether oxygens (including phenoxy) is 1. The molecule has 0 spiro atoms. The largest absolute Gasteiger partial charge is 0.480 e. The van der Waals surface area contributed by atoms with Gasteiger partial charge in [0, 0.05) is 39.8 Å². The maximum absolute atomic E-state index is 5.27. The molecule has 1 aromatic carbocycles. The van der Waals surface area contributed by atoms with Crippen LogP contribution in [0.1, 0.15) is 5.56 Å². The van der Waals surface area contributed by atoms with E-state index in [0.717, 1.165) is 49.6 Å². The monoisotopic (exact) mass is 432 g/mol. The van der Waals surface area contributed by atoms with Crippen LogP contribution >= 0.6 is 15.9 Å². The van der Waals surface area contributed by atoms with Crippen molar-refractivity contribution in [2.45, 2.75) is 6.42 Å². The number of nitrogens with zero attached hydrogens (tertiary/aromatic N) is 5. The Morgan fingerprint density at radius 1 is 1.22 bits per heavy atom. The minimum Gasteiger partial charge on any atom is -0.480 e. The van der Waals surface area contributed by atoms with E-state index in [1.54, 1.807) is 13.3 Å². The number of anilines is 1. The Morgan fingerprint density at radius 3 is 2.63 bits per heavy atom. The Kier molecular flexibility index (Phi) is 6.86. The number of benzene rings is 1. The Bertz CT molecular complexity index is 762. The van der Waals surface area contributed by atoms with E-state index in [0.29, 0.717) is 11.8 Å². The number of hydrogen-bond donors (Lipinski definition) is 1. The van der Waals surface area contributed by atoms with Gasteiger partial charge in [-0.15, -0.1) is 0 Å². The first-order chi connectivity index (χ1) is 13.2. The second-order valence-electron chi connectivity index (χ2n) is 6.21. The third-order valence-corrected chi connectivity index (χ3v) is 5.05. The molecule has 0 bridgehead atoms. The van der Waals surface area contributed by atoms with Crippen molar-refractivity contribution in [2.75, 3.05) is 51.8 Å². The van der Waals surface area contributed by atoms with E-state index in [1.165, 1.54) is 5.56 Å². The lowest BCUT2D eigenvalue weighted by molar-refractivity contribution is 0.366. The number of methoxy groups -OCH3 is 1. The maximum atomic E-state index is 5.27. The van der Waals surface area contributed by atoms with Gasteiger partial charge in [-0.1, -0.05) is 30.3 Å². The van der Waals surface area contributed by atoms with E-state index < -0.39 is 0 Å². The molecule has 3 rings (SSSR count). The lowest BCUT2D eigenvalue weighted by Gasteiger charge is -2.36. The van der Waals surface area contributed by atoms with Crippen molar-refractivity contribution < 1.29 is 4.74 Å². The lowest BCUT2D eigenvalue weighted by atomic mass is 10.1. The zero-order valence-electron chi connectivity index (χ0n) is 15.7. The molecule has 2 aromatic rings. The summed E-state index contributed by atoms with van der Waals surface area (Å²) in [7, 11) is 3.44. The minimum absolute atomic E-state index is 0.556. The normalized spacial score (nSPS) is 15.0. The summed E-state index contributed by atoms with van der Waals surface area (Å²) in [4.78, 5) is 17.8. The fourth-order valence-corrected chi connectivity index (χ4v) is 3.40. The molecule has 2 heterocycles. The summed E-state index contributed by atoms with van der Waals surface area (Å²) in [5.74, 6) is 2.20. The number of hydrogen-bond acceptors (Lipinski definition) is 5. The molecule has 1 aliphatic rings. The molecule has 0 aliphatic carbocycles. The van der Waals surface area contributed by atoms with Crippen molar-refractivity contribution in [1.82, 2.24) is 20.2 Å². The molecule has 0 unspecified atom stereocenters. The molecule has 0 amide bonds. The molecule has 27 heavy (non-hydrogen) atoms. The van der Waals surface area contributed by atoms with Crippen molar-refractivity contribution in [3.05, 3.63) is 46.6 Å². The van der Waals surface area contributed by atoms with E-state index >= 15 is 0 Å². The fourth-order valence-electron chi connectivity index (χ4n) is 3.05. The highest BCUT2D eigenvalue weighted by atomic mass is 79.9. The number of halogens is 1. The van der Waals surface area contributed by atoms with Gasteiger partial charge in [0.25, 0.3) is 0 Å². The molecule has 144 valence electrons. The quantitative estimate of drug-likeness (QED) is 0.576. The number of guanidine groups is 1. The van der Waals surface area contributed by atoms with E-state index in [9.17, 15) is 0 Å². The van der Waals surface area contributed by atoms with Gasteiger partial charge in [-0.2, -0.15) is 4.98 Å². The molecule has 1 aliphatic heterocycles. The SMILES string of the molecule is CN=C(NCCc1ccccc1)N1CCN(c2ncc(Br)c(OC)n2)CC1. The van der Waals surface area contributed by atoms with Crippen molar-refractivity contribution >= 4 is 27.8 Å². The average Bonchev–Trinajstić information content (AvgIpc) is 2.73. The van der Waals surface area contributed by atoms with Crippen LogP contribution < -0.4 is 15.0 Å². The molecule has 0 radical (unpaired) electrons. The van der Waals surface area contributed by atoms with Crippen LogP contribution in [0, 0.1) is 0 Å². The summed E-state index contributed by atoms with van der Waals surface area (Å²) in [6.07, 6.45) is 2.71. The molecular weight excluding hydrogens is 408 g/mol. The van der Waals surface area contributed by atoms with Crippen LogP contribution in [0.2, 0.25) is 0 Å². The summed E-state index contributed by atoms with van der Waals surface area (Å²) >= 11 is 3.39. The summed E-state index contributed by atoms with van der Waals surface area (Å²) in [5.41, 5.74) is 1.33. The number of aromatic nitrogens is 2. The molecule has 1 aromatic heterocycles. The van der Waals surface area contributed by atoms with Crippen LogP contribution in [-0.4, -0.2) is 67.7 Å². The highest BCUT2D eigenvalue weighted by molar-refractivity contribution is 9.10. The van der Waals surface area contributed by atoms with E-state index in [4.69, 9.17) is 4.74 Å². The molecule has 8 heteroatoms. The Balaban J connectivity index is 1.51. The Hall–Kier alpha value is -2.35. The predicted octanol–water partition coefficient (Wildman–Crippen LogP) is 2.19. The van der Waals surface area contributed by atoms with Gasteiger partial charge in [-0.25, -0.2) is 4.98 Å². The van der Waals surface area contributed by atoms with Gasteiger partial charge in [0.05, 0.1) is 17.8 Å². The predicted molar refractivity (Wildman–Crippen MR) is 112 cm³/mol. The second-order valence-corrected chi connectivity index (χ2v) is 7.07. The highest BCUT2D eigenvalue weighted by Crippen LogP contribution is 2.23. The standard InChI is InChI=1S/C19H25BrN6O/c1-21-18(22-9-8-15-6-4-3-5-7-15)25-10-12-26(13-11-25)19-23-14-16(20)17(24-19)27-2/h3-7,14H,8-13H2,1-2H3,(H,21,22). The molecule has 0 atom stereocenters. The molecule has 1 fully saturated rings. The molecule has 0 saturated carbocycles. The summed E-state index contributed by atoms with van der Waals surface area (Å²) in [6.45, 7) is 4.28. The van der Waals surface area contributed by atoms with E-state index in [-0.39, 0.29) is 0 Å². The van der Waals surface area contributed by atoms with Gasteiger partial charge in [0.15, 0.2) is 5.96 Å². The number of nitrogens with one attached hydrogen (secondary N) is 1. The number of aliphatic imine (C=N–C) groups is 1. The molecule has 7 nitrogen and oxygen atoms in total. The topological polar surface area (TPSA) is 65.9 Å². The first-order valence-corrected chi connectivity index (χ1v) is 9.81. The van der Waals surface area contributed by atoms with Gasteiger partial charge in [-0.3, -0.25) is 4.99 Å². The molecule has 1 N–H and O–H groups in total. The smallest absolute Gasteiger partial charge is 0.232 e. The summed E-state index contributed by atoms with van der Waals surface area (Å²) in [6, 6.07) is 10.5. The molecule has 1 saturated heterocycles. The van der Waals surface area contributed by atoms with Gasteiger partial charge in [0.2, 0.25) is 11.8 Å². The summed E-state index contributed by atoms with van der Waals surface area (Å²) in [5, 5.41) is 3.47. The fraction of sp³-hybridized carbons (Fsp3) is 0.421. The van der Waals surface area contributed by atoms with Gasteiger partial charge in [0.1, 0.15) is 0 Å². The van der Waals surface area contributed by atoms with Crippen LogP contribution in [0.25, 0.3) is 0 Å². The van der Waals surface area contributed by atoms with Gasteiger partial charge >= 0.3 is 0 Å². The van der Waals surface area contributed by atoms with Crippen molar-refractivity contribution in [1.29, 1.82) is 0 Å². The number of rotatable bonds is 5. The third-order valence-electron chi connectivity index (χ3n) is 4.51. The van der Waals surface area contributed by atoms with Crippen LogP contribution in [0.3, 0.4) is 0 Å². The summed E-state index contributed by atoms with van der Waals surface area (Å²) < 4.78 is 6.03. The molecular formula is C19H25BrN6O. The highest BCUT2D eigenvalue weighted by Gasteiger charge is 2.22. The van der Waals surface area contributed by atoms with Crippen LogP contribution in [0.5, 0.6) is 5.88 Å².